The molecular formula is C18H27N5O2S. The number of hydrogen-bond donors (Lipinski definition) is 2. The lowest BCUT2D eigenvalue weighted by Gasteiger charge is -2.32. The van der Waals surface area contributed by atoms with E-state index in [1.165, 1.54) is 0 Å². The number of aliphatic imine (C=N–C) groups is 1. The van der Waals surface area contributed by atoms with Gasteiger partial charge in [-0.3, -0.25) is 0 Å². The van der Waals surface area contributed by atoms with E-state index in [1.54, 1.807) is 22.5 Å². The first kappa shape index (κ1) is 20.2. The van der Waals surface area contributed by atoms with Crippen LogP contribution in [0.4, 0.5) is 0 Å². The maximum Gasteiger partial charge on any atom is 0.243 e. The Labute approximate surface area is 156 Å². The standard InChI is InChI=1S/C18H27N5O2S/c1-4-10-20-18(19-5-2)21-15-16-8-6-7-9-17(16)26(24,25)23-13-11-22(3)12-14-23/h1,6-9H,5,10-15H2,2-3H3,(H2,19,20,21). The van der Waals surface area contributed by atoms with Crippen LogP contribution in [-0.4, -0.2) is 69.9 Å². The summed E-state index contributed by atoms with van der Waals surface area (Å²) in [7, 11) is -1.53. The largest absolute Gasteiger partial charge is 0.357 e. The van der Waals surface area contributed by atoms with E-state index < -0.39 is 10.0 Å². The number of piperazine rings is 1. The van der Waals surface area contributed by atoms with Crippen LogP contribution < -0.4 is 10.6 Å². The van der Waals surface area contributed by atoms with Crippen molar-refractivity contribution in [1.82, 2.24) is 19.8 Å². The van der Waals surface area contributed by atoms with Gasteiger partial charge in [-0.25, -0.2) is 13.4 Å². The molecule has 1 fully saturated rings. The number of likely N-dealkylation sites (N-methyl/N-ethyl adjacent to an activating group) is 1. The van der Waals surface area contributed by atoms with E-state index in [1.807, 2.05) is 20.0 Å². The lowest BCUT2D eigenvalue weighted by molar-refractivity contribution is 0.222. The van der Waals surface area contributed by atoms with Crippen LogP contribution in [0.5, 0.6) is 0 Å². The molecule has 0 atom stereocenters. The van der Waals surface area contributed by atoms with Crippen molar-refractivity contribution in [2.75, 3.05) is 46.3 Å². The summed E-state index contributed by atoms with van der Waals surface area (Å²) in [5.74, 6) is 3.07. The molecule has 0 bridgehead atoms. The van der Waals surface area contributed by atoms with Crippen molar-refractivity contribution < 1.29 is 8.42 Å². The Kier molecular flexibility index (Phi) is 7.45. The molecule has 1 saturated heterocycles. The summed E-state index contributed by atoms with van der Waals surface area (Å²) in [6, 6.07) is 7.03. The smallest absolute Gasteiger partial charge is 0.243 e. The van der Waals surface area contributed by atoms with Crippen molar-refractivity contribution in [2.24, 2.45) is 4.99 Å². The van der Waals surface area contributed by atoms with E-state index in [0.29, 0.717) is 42.6 Å². The molecular weight excluding hydrogens is 350 g/mol. The summed E-state index contributed by atoms with van der Waals surface area (Å²) < 4.78 is 27.7. The Morgan fingerprint density at radius 3 is 2.58 bits per heavy atom. The molecule has 8 heteroatoms. The normalized spacial score (nSPS) is 16.9. The zero-order valence-corrected chi connectivity index (χ0v) is 16.2. The van der Waals surface area contributed by atoms with E-state index in [-0.39, 0.29) is 6.54 Å². The molecule has 0 radical (unpaired) electrons. The number of rotatable bonds is 6. The number of terminal acetylenes is 1. The molecule has 1 aliphatic rings. The van der Waals surface area contributed by atoms with Gasteiger partial charge in [0.05, 0.1) is 18.0 Å². The Balaban J connectivity index is 2.22. The van der Waals surface area contributed by atoms with Crippen molar-refractivity contribution in [3.05, 3.63) is 29.8 Å². The fraction of sp³-hybridized carbons (Fsp3) is 0.500. The highest BCUT2D eigenvalue weighted by molar-refractivity contribution is 7.89. The molecule has 1 heterocycles. The molecule has 0 spiro atoms. The second-order valence-corrected chi connectivity index (χ2v) is 7.97. The summed E-state index contributed by atoms with van der Waals surface area (Å²) in [5, 5.41) is 6.10. The van der Waals surface area contributed by atoms with Gasteiger partial charge in [-0.15, -0.1) is 6.42 Å². The number of guanidine groups is 1. The van der Waals surface area contributed by atoms with Crippen molar-refractivity contribution in [3.8, 4) is 12.3 Å². The molecule has 0 unspecified atom stereocenters. The number of sulfonamides is 1. The number of benzene rings is 1. The average molecular weight is 378 g/mol. The van der Waals surface area contributed by atoms with Crippen molar-refractivity contribution in [2.45, 2.75) is 18.4 Å². The summed E-state index contributed by atoms with van der Waals surface area (Å²) in [5.41, 5.74) is 0.671. The summed E-state index contributed by atoms with van der Waals surface area (Å²) in [4.78, 5) is 6.91. The van der Waals surface area contributed by atoms with E-state index in [4.69, 9.17) is 6.42 Å². The summed E-state index contributed by atoms with van der Waals surface area (Å²) in [6.45, 7) is 5.73. The minimum absolute atomic E-state index is 0.253. The van der Waals surface area contributed by atoms with Crippen LogP contribution in [0, 0.1) is 12.3 Å². The third kappa shape index (κ3) is 5.21. The number of nitrogens with one attached hydrogen (secondary N) is 2. The topological polar surface area (TPSA) is 77.0 Å². The predicted molar refractivity (Wildman–Crippen MR) is 104 cm³/mol. The van der Waals surface area contributed by atoms with Crippen LogP contribution in [0.15, 0.2) is 34.2 Å². The molecule has 1 aromatic carbocycles. The molecule has 0 aromatic heterocycles. The first-order chi connectivity index (χ1) is 12.5. The van der Waals surface area contributed by atoms with E-state index in [2.05, 4.69) is 26.4 Å². The van der Waals surface area contributed by atoms with Gasteiger partial charge >= 0.3 is 0 Å². The van der Waals surface area contributed by atoms with Gasteiger partial charge in [-0.1, -0.05) is 24.1 Å². The van der Waals surface area contributed by atoms with Crippen molar-refractivity contribution in [1.29, 1.82) is 0 Å². The number of nitrogens with zero attached hydrogens (tertiary/aromatic N) is 3. The van der Waals surface area contributed by atoms with Gasteiger partial charge in [-0.05, 0) is 25.6 Å². The van der Waals surface area contributed by atoms with Crippen LogP contribution in [-0.2, 0) is 16.6 Å². The minimum atomic E-state index is -3.53. The molecule has 2 N–H and O–H groups in total. The van der Waals surface area contributed by atoms with Crippen LogP contribution in [0.1, 0.15) is 12.5 Å². The Morgan fingerprint density at radius 1 is 1.23 bits per heavy atom. The van der Waals surface area contributed by atoms with Crippen molar-refractivity contribution in [3.63, 3.8) is 0 Å². The highest BCUT2D eigenvalue weighted by Crippen LogP contribution is 2.22. The lowest BCUT2D eigenvalue weighted by Crippen LogP contribution is -2.47. The van der Waals surface area contributed by atoms with Gasteiger partial charge in [0.2, 0.25) is 10.0 Å². The Bertz CT molecular complexity index is 762. The average Bonchev–Trinajstić information content (AvgIpc) is 2.64. The monoisotopic (exact) mass is 377 g/mol. The zero-order chi connectivity index (χ0) is 19.0. The fourth-order valence-electron chi connectivity index (χ4n) is 2.69. The first-order valence-electron chi connectivity index (χ1n) is 8.71. The van der Waals surface area contributed by atoms with E-state index in [0.717, 1.165) is 13.1 Å². The Morgan fingerprint density at radius 2 is 1.92 bits per heavy atom. The minimum Gasteiger partial charge on any atom is -0.357 e. The van der Waals surface area contributed by atoms with E-state index >= 15 is 0 Å². The molecule has 2 rings (SSSR count). The lowest BCUT2D eigenvalue weighted by atomic mass is 10.2. The third-order valence-electron chi connectivity index (χ3n) is 4.16. The third-order valence-corrected chi connectivity index (χ3v) is 6.16. The number of hydrogen-bond acceptors (Lipinski definition) is 4. The van der Waals surface area contributed by atoms with Crippen molar-refractivity contribution >= 4 is 16.0 Å². The van der Waals surface area contributed by atoms with Crippen LogP contribution >= 0.6 is 0 Å². The molecule has 7 nitrogen and oxygen atoms in total. The molecule has 0 saturated carbocycles. The van der Waals surface area contributed by atoms with Gasteiger partial charge < -0.3 is 15.5 Å². The van der Waals surface area contributed by atoms with Gasteiger partial charge in [0.25, 0.3) is 0 Å². The summed E-state index contributed by atoms with van der Waals surface area (Å²) in [6.07, 6.45) is 5.27. The summed E-state index contributed by atoms with van der Waals surface area (Å²) >= 11 is 0. The van der Waals surface area contributed by atoms with Crippen LogP contribution in [0.2, 0.25) is 0 Å². The van der Waals surface area contributed by atoms with Gasteiger partial charge in [0, 0.05) is 32.7 Å². The molecule has 1 aromatic rings. The van der Waals surface area contributed by atoms with Gasteiger partial charge in [0.1, 0.15) is 0 Å². The molecule has 142 valence electrons. The maximum atomic E-state index is 13.1. The molecule has 0 aliphatic carbocycles. The molecule has 26 heavy (non-hydrogen) atoms. The predicted octanol–water partition coefficient (Wildman–Crippen LogP) is 0.311. The SMILES string of the molecule is C#CCNC(=NCc1ccccc1S(=O)(=O)N1CCN(C)CC1)NCC. The van der Waals surface area contributed by atoms with E-state index in [9.17, 15) is 8.42 Å². The molecule has 0 amide bonds. The van der Waals surface area contributed by atoms with Crippen LogP contribution in [0.3, 0.4) is 0 Å². The quantitative estimate of drug-likeness (QED) is 0.424. The fourth-order valence-corrected chi connectivity index (χ4v) is 4.33. The van der Waals surface area contributed by atoms with Crippen LogP contribution in [0.25, 0.3) is 0 Å². The van der Waals surface area contributed by atoms with Gasteiger partial charge in [0.15, 0.2) is 5.96 Å². The highest BCUT2D eigenvalue weighted by Gasteiger charge is 2.29. The second kappa shape index (κ2) is 9.57. The second-order valence-electron chi connectivity index (χ2n) is 6.07. The highest BCUT2D eigenvalue weighted by atomic mass is 32.2. The Hall–Kier alpha value is -2.08. The maximum absolute atomic E-state index is 13.1. The molecule has 1 aliphatic heterocycles. The first-order valence-corrected chi connectivity index (χ1v) is 10.1. The zero-order valence-electron chi connectivity index (χ0n) is 15.4. The van der Waals surface area contributed by atoms with Gasteiger partial charge in [-0.2, -0.15) is 4.31 Å².